The topological polar surface area (TPSA) is 190 Å². The number of hydrogen-bond donors (Lipinski definition) is 1. The Hall–Kier alpha value is -2.81. The minimum absolute atomic E-state index is 0.116. The molecular formula is C35H59N5O10. The molecule has 0 saturated carbocycles. The van der Waals surface area contributed by atoms with Crippen molar-refractivity contribution in [2.45, 2.75) is 141 Å². The Morgan fingerprint density at radius 1 is 1.06 bits per heavy atom. The SMILES string of the molecule is CC[C@H]1OC(=O)[C@H](C)C(=O)[C@H](C)[C@@H](O[C@@H]2OC(C)CC(N(C)C)C2O)[C@](C)(OC)C[C@@H](C)C(=O)[C@H](C)[C@H]2N(CCCCN=[N+]=[N-])C(=O)O[C@]12C. The summed E-state index contributed by atoms with van der Waals surface area (Å²) in [6.45, 7) is 14.2. The monoisotopic (exact) mass is 709 g/mol. The fourth-order valence-corrected chi connectivity index (χ4v) is 8.22. The largest absolute Gasteiger partial charge is 0.458 e. The van der Waals surface area contributed by atoms with Crippen LogP contribution in [0.5, 0.6) is 0 Å². The number of nitrogens with zero attached hydrogens (tertiary/aromatic N) is 5. The van der Waals surface area contributed by atoms with Gasteiger partial charge in [0.25, 0.3) is 0 Å². The Kier molecular flexibility index (Phi) is 14.3. The molecular weight excluding hydrogens is 650 g/mol. The van der Waals surface area contributed by atoms with Gasteiger partial charge in [0.2, 0.25) is 0 Å². The smallest absolute Gasteiger partial charge is 0.410 e. The van der Waals surface area contributed by atoms with Crippen molar-refractivity contribution in [3.8, 4) is 0 Å². The Bertz CT molecular complexity index is 1280. The fraction of sp³-hybridized carbons (Fsp3) is 0.886. The number of ether oxygens (including phenoxy) is 5. The number of likely N-dealkylation sites (N-methyl/N-ethyl adjacent to an activating group) is 1. The lowest BCUT2D eigenvalue weighted by atomic mass is 9.73. The number of amides is 1. The van der Waals surface area contributed by atoms with E-state index >= 15 is 0 Å². The third-order valence-electron chi connectivity index (χ3n) is 11.1. The first-order chi connectivity index (χ1) is 23.4. The van der Waals surface area contributed by atoms with E-state index in [4.69, 9.17) is 29.2 Å². The van der Waals surface area contributed by atoms with E-state index in [-0.39, 0.29) is 43.9 Å². The number of cyclic esters (lactones) is 1. The average Bonchev–Trinajstić information content (AvgIpc) is 3.33. The summed E-state index contributed by atoms with van der Waals surface area (Å²) in [7, 11) is 5.20. The summed E-state index contributed by atoms with van der Waals surface area (Å²) in [5.41, 5.74) is 5.97. The second-order valence-electron chi connectivity index (χ2n) is 15.0. The number of carbonyl (C=O) groups excluding carboxylic acids is 4. The minimum Gasteiger partial charge on any atom is -0.458 e. The van der Waals surface area contributed by atoms with E-state index in [9.17, 15) is 24.3 Å². The number of carbonyl (C=O) groups is 4. The van der Waals surface area contributed by atoms with Crippen LogP contribution in [0.3, 0.4) is 0 Å². The van der Waals surface area contributed by atoms with Gasteiger partial charge >= 0.3 is 12.1 Å². The molecule has 0 aromatic carbocycles. The molecule has 0 aliphatic carbocycles. The molecule has 0 radical (unpaired) electrons. The highest BCUT2D eigenvalue weighted by Gasteiger charge is 2.60. The third kappa shape index (κ3) is 8.62. The molecule has 15 heteroatoms. The van der Waals surface area contributed by atoms with Crippen molar-refractivity contribution in [3.63, 3.8) is 0 Å². The molecule has 1 N–H and O–H groups in total. The van der Waals surface area contributed by atoms with Crippen molar-refractivity contribution in [1.29, 1.82) is 0 Å². The molecule has 3 aliphatic heterocycles. The zero-order valence-electron chi connectivity index (χ0n) is 31.7. The van der Waals surface area contributed by atoms with Gasteiger partial charge in [-0.15, -0.1) is 0 Å². The molecule has 50 heavy (non-hydrogen) atoms. The number of rotatable bonds is 10. The van der Waals surface area contributed by atoms with Crippen LogP contribution in [0.25, 0.3) is 10.4 Å². The van der Waals surface area contributed by atoms with Gasteiger partial charge < -0.3 is 38.6 Å². The first-order valence-corrected chi connectivity index (χ1v) is 17.9. The second-order valence-corrected chi connectivity index (χ2v) is 15.0. The van der Waals surface area contributed by atoms with Gasteiger partial charge in [-0.3, -0.25) is 14.4 Å². The summed E-state index contributed by atoms with van der Waals surface area (Å²) in [6, 6.07) is -1.10. The van der Waals surface area contributed by atoms with Crippen molar-refractivity contribution in [2.75, 3.05) is 34.3 Å². The van der Waals surface area contributed by atoms with Gasteiger partial charge in [0.15, 0.2) is 17.7 Å². The maximum atomic E-state index is 14.4. The number of fused-ring (bicyclic) bond motifs is 1. The Labute approximate surface area is 296 Å². The van der Waals surface area contributed by atoms with Gasteiger partial charge in [0, 0.05) is 48.9 Å². The highest BCUT2D eigenvalue weighted by Crippen LogP contribution is 2.43. The van der Waals surface area contributed by atoms with E-state index in [0.29, 0.717) is 19.3 Å². The van der Waals surface area contributed by atoms with E-state index in [1.165, 1.54) is 18.9 Å². The van der Waals surface area contributed by atoms with Crippen molar-refractivity contribution in [3.05, 3.63) is 10.4 Å². The first kappa shape index (κ1) is 41.6. The number of unbranched alkanes of at least 4 members (excludes halogenated alkanes) is 1. The third-order valence-corrected chi connectivity index (χ3v) is 11.1. The highest BCUT2D eigenvalue weighted by atomic mass is 16.7. The number of aliphatic hydroxyl groups is 1. The number of aliphatic hydroxyl groups excluding tert-OH is 1. The summed E-state index contributed by atoms with van der Waals surface area (Å²) in [6.07, 6.45) is -3.16. The van der Waals surface area contributed by atoms with Gasteiger partial charge in [-0.1, -0.05) is 32.8 Å². The molecule has 15 nitrogen and oxygen atoms in total. The molecule has 0 aromatic heterocycles. The van der Waals surface area contributed by atoms with Gasteiger partial charge in [0.05, 0.1) is 23.9 Å². The standard InChI is InChI=1S/C35H59N5O10/c1-12-25-35(8)29(40(33(45)50-35)16-14-13-15-37-38-36)21(4)26(41)19(2)18-34(7,46-11)30(22(5)27(42)23(6)31(44)48-25)49-32-28(43)24(39(9)10)17-20(3)47-32/h19-25,28-30,32,43H,12-18H2,1-11H3/t19-,20?,21+,22+,23-,24?,25-,28?,29-,30-,32+,34-,35-/m1/s1. The molecule has 3 saturated heterocycles. The predicted octanol–water partition coefficient (Wildman–Crippen LogP) is 4.28. The molecule has 284 valence electrons. The highest BCUT2D eigenvalue weighted by molar-refractivity contribution is 6.00. The quantitative estimate of drug-likeness (QED) is 0.0851. The number of methoxy groups -OCH3 is 1. The van der Waals surface area contributed by atoms with Crippen LogP contribution >= 0.6 is 0 Å². The van der Waals surface area contributed by atoms with Crippen LogP contribution in [0.2, 0.25) is 0 Å². The molecule has 13 atom stereocenters. The molecule has 0 bridgehead atoms. The second kappa shape index (κ2) is 17.1. The molecule has 3 rings (SSSR count). The summed E-state index contributed by atoms with van der Waals surface area (Å²) in [5, 5.41) is 14.9. The number of azide groups is 1. The van der Waals surface area contributed by atoms with Crippen molar-refractivity contribution < 1.29 is 48.0 Å². The summed E-state index contributed by atoms with van der Waals surface area (Å²) in [4.78, 5) is 62.0. The van der Waals surface area contributed by atoms with Gasteiger partial charge in [-0.25, -0.2) is 4.79 Å². The molecule has 3 heterocycles. The predicted molar refractivity (Wildman–Crippen MR) is 183 cm³/mol. The Morgan fingerprint density at radius 3 is 2.30 bits per heavy atom. The fourth-order valence-electron chi connectivity index (χ4n) is 8.22. The zero-order valence-corrected chi connectivity index (χ0v) is 31.7. The molecule has 1 amide bonds. The molecule has 0 spiro atoms. The van der Waals surface area contributed by atoms with E-state index < -0.39 is 83.4 Å². The van der Waals surface area contributed by atoms with E-state index in [1.807, 2.05) is 25.9 Å². The molecule has 3 fully saturated rings. The van der Waals surface area contributed by atoms with Gasteiger partial charge in [0.1, 0.15) is 23.9 Å². The van der Waals surface area contributed by atoms with Crippen molar-refractivity contribution in [1.82, 2.24) is 9.80 Å². The lowest BCUT2D eigenvalue weighted by molar-refractivity contribution is -0.295. The molecule has 3 unspecified atom stereocenters. The van der Waals surface area contributed by atoms with E-state index in [1.54, 1.807) is 41.5 Å². The lowest BCUT2D eigenvalue weighted by Gasteiger charge is -2.47. The summed E-state index contributed by atoms with van der Waals surface area (Å²) in [5.74, 6) is -5.05. The molecule has 0 aromatic rings. The lowest BCUT2D eigenvalue weighted by Crippen LogP contribution is -2.60. The van der Waals surface area contributed by atoms with E-state index in [2.05, 4.69) is 10.0 Å². The van der Waals surface area contributed by atoms with Crippen LogP contribution in [-0.2, 0) is 38.1 Å². The number of ketones is 2. The number of hydrogen-bond acceptors (Lipinski definition) is 12. The zero-order chi connectivity index (χ0) is 37.7. The van der Waals surface area contributed by atoms with Crippen LogP contribution in [0.15, 0.2) is 5.11 Å². The normalized spacial score (nSPS) is 40.5. The van der Waals surface area contributed by atoms with Crippen LogP contribution in [-0.4, -0.2) is 127 Å². The number of esters is 1. The summed E-state index contributed by atoms with van der Waals surface area (Å²) < 4.78 is 30.8. The van der Waals surface area contributed by atoms with Crippen LogP contribution in [0.4, 0.5) is 4.79 Å². The van der Waals surface area contributed by atoms with Gasteiger partial charge in [-0.2, -0.15) is 0 Å². The Balaban J connectivity index is 2.10. The van der Waals surface area contributed by atoms with E-state index in [0.717, 1.165) is 0 Å². The number of Topliss-reactive ketones (excluding diaryl/α,β-unsaturated/α-hetero) is 2. The maximum absolute atomic E-state index is 14.4. The Morgan fingerprint density at radius 2 is 1.72 bits per heavy atom. The van der Waals surface area contributed by atoms with Crippen LogP contribution in [0.1, 0.15) is 87.5 Å². The van der Waals surface area contributed by atoms with Crippen LogP contribution in [0, 0.1) is 23.7 Å². The van der Waals surface area contributed by atoms with Crippen LogP contribution < -0.4 is 0 Å². The average molecular weight is 710 g/mol. The van der Waals surface area contributed by atoms with Crippen molar-refractivity contribution >= 4 is 23.6 Å². The van der Waals surface area contributed by atoms with Crippen molar-refractivity contribution in [2.24, 2.45) is 28.8 Å². The molecule has 3 aliphatic rings. The first-order valence-electron chi connectivity index (χ1n) is 17.9. The minimum atomic E-state index is -1.41. The summed E-state index contributed by atoms with van der Waals surface area (Å²) >= 11 is 0. The maximum Gasteiger partial charge on any atom is 0.410 e. The van der Waals surface area contributed by atoms with Gasteiger partial charge in [-0.05, 0) is 79.4 Å².